The topological polar surface area (TPSA) is 59.6 Å². The number of carbonyl (C=O) groups excluding carboxylic acids is 1. The predicted molar refractivity (Wildman–Crippen MR) is 101 cm³/mol. The number of halogens is 1. The summed E-state index contributed by atoms with van der Waals surface area (Å²) in [6.45, 7) is 6.45. The van der Waals surface area contributed by atoms with E-state index in [0.717, 1.165) is 57.7 Å². The second-order valence-corrected chi connectivity index (χ2v) is 7.21. The first-order valence-corrected chi connectivity index (χ1v) is 8.98. The fourth-order valence-corrected chi connectivity index (χ4v) is 3.27. The van der Waals surface area contributed by atoms with E-state index < -0.39 is 0 Å². The molecule has 25 heavy (non-hydrogen) atoms. The number of hydrogen-bond acceptors (Lipinski definition) is 4. The van der Waals surface area contributed by atoms with Crippen LogP contribution in [0.5, 0.6) is 5.75 Å². The quantitative estimate of drug-likeness (QED) is 0.810. The molecule has 0 aromatic heterocycles. The molecule has 0 spiro atoms. The van der Waals surface area contributed by atoms with Crippen LogP contribution in [0.2, 0.25) is 0 Å². The fourth-order valence-electron chi connectivity index (χ4n) is 3.27. The Labute approximate surface area is 156 Å². The van der Waals surface area contributed by atoms with Crippen molar-refractivity contribution >= 4 is 18.3 Å². The lowest BCUT2D eigenvalue weighted by atomic mass is 9.81. The van der Waals surface area contributed by atoms with Crippen molar-refractivity contribution in [1.29, 1.82) is 0 Å². The Bertz CT molecular complexity index is 538. The van der Waals surface area contributed by atoms with Gasteiger partial charge >= 0.3 is 0 Å². The van der Waals surface area contributed by atoms with E-state index in [4.69, 9.17) is 9.47 Å². The average Bonchev–Trinajstić information content (AvgIpc) is 3.13. The molecule has 0 aliphatic carbocycles. The van der Waals surface area contributed by atoms with Gasteiger partial charge in [0, 0.05) is 18.7 Å². The van der Waals surface area contributed by atoms with Crippen LogP contribution < -0.4 is 15.4 Å². The monoisotopic (exact) mass is 368 g/mol. The van der Waals surface area contributed by atoms with Gasteiger partial charge < -0.3 is 20.1 Å². The summed E-state index contributed by atoms with van der Waals surface area (Å²) < 4.78 is 11.3. The molecule has 2 aliphatic rings. The summed E-state index contributed by atoms with van der Waals surface area (Å²) in [7, 11) is 0. The van der Waals surface area contributed by atoms with E-state index in [1.165, 1.54) is 0 Å². The zero-order valence-corrected chi connectivity index (χ0v) is 15.7. The highest BCUT2D eigenvalue weighted by Crippen LogP contribution is 2.26. The van der Waals surface area contributed by atoms with Crippen molar-refractivity contribution in [1.82, 2.24) is 10.6 Å². The van der Waals surface area contributed by atoms with Crippen LogP contribution in [-0.4, -0.2) is 44.9 Å². The highest BCUT2D eigenvalue weighted by Gasteiger charge is 2.27. The van der Waals surface area contributed by atoms with Crippen LogP contribution in [-0.2, 0) is 4.74 Å². The maximum Gasteiger partial charge on any atom is 0.251 e. The molecule has 6 heteroatoms. The number of rotatable bonds is 6. The van der Waals surface area contributed by atoms with E-state index in [9.17, 15) is 4.79 Å². The van der Waals surface area contributed by atoms with Crippen LogP contribution in [0.25, 0.3) is 0 Å². The van der Waals surface area contributed by atoms with Crippen LogP contribution in [0.1, 0.15) is 43.0 Å². The largest absolute Gasteiger partial charge is 0.491 e. The summed E-state index contributed by atoms with van der Waals surface area (Å²) in [5.41, 5.74) is 0.877. The van der Waals surface area contributed by atoms with E-state index in [2.05, 4.69) is 17.6 Å². The zero-order valence-electron chi connectivity index (χ0n) is 14.9. The van der Waals surface area contributed by atoms with Crippen LogP contribution >= 0.6 is 12.4 Å². The minimum Gasteiger partial charge on any atom is -0.491 e. The Morgan fingerprint density at radius 1 is 1.32 bits per heavy atom. The molecule has 0 radical (unpaired) electrons. The maximum absolute atomic E-state index is 12.3. The Hall–Kier alpha value is -1.30. The second kappa shape index (κ2) is 9.41. The van der Waals surface area contributed by atoms with Crippen molar-refractivity contribution in [3.8, 4) is 5.75 Å². The van der Waals surface area contributed by atoms with Crippen molar-refractivity contribution in [3.63, 3.8) is 0 Å². The minimum absolute atomic E-state index is 0. The molecule has 3 rings (SSSR count). The van der Waals surface area contributed by atoms with Gasteiger partial charge in [-0.3, -0.25) is 4.79 Å². The molecule has 0 saturated carbocycles. The highest BCUT2D eigenvalue weighted by atomic mass is 35.5. The molecular formula is C19H29ClN2O3. The Morgan fingerprint density at radius 3 is 2.68 bits per heavy atom. The van der Waals surface area contributed by atoms with Gasteiger partial charge in [-0.05, 0) is 68.5 Å². The second-order valence-electron chi connectivity index (χ2n) is 7.21. The SMILES string of the molecule is CC1(CNC(=O)c2ccc(OCC3CCCO3)cc2)CCNCC1.Cl. The predicted octanol–water partition coefficient (Wildman–Crippen LogP) is 2.79. The lowest BCUT2D eigenvalue weighted by Gasteiger charge is -2.34. The van der Waals surface area contributed by atoms with E-state index in [0.29, 0.717) is 12.2 Å². The van der Waals surface area contributed by atoms with Crippen LogP contribution in [0.4, 0.5) is 0 Å². The summed E-state index contributed by atoms with van der Waals surface area (Å²) in [6.07, 6.45) is 4.59. The van der Waals surface area contributed by atoms with Gasteiger partial charge in [-0.2, -0.15) is 0 Å². The highest BCUT2D eigenvalue weighted by molar-refractivity contribution is 5.94. The smallest absolute Gasteiger partial charge is 0.251 e. The molecule has 2 fully saturated rings. The normalized spacial score (nSPS) is 22.0. The molecule has 1 atom stereocenters. The van der Waals surface area contributed by atoms with Crippen molar-refractivity contribution in [2.24, 2.45) is 5.41 Å². The molecule has 0 bridgehead atoms. The Morgan fingerprint density at radius 2 is 2.04 bits per heavy atom. The van der Waals surface area contributed by atoms with Gasteiger partial charge in [0.15, 0.2) is 0 Å². The van der Waals surface area contributed by atoms with Gasteiger partial charge in [-0.25, -0.2) is 0 Å². The summed E-state index contributed by atoms with van der Waals surface area (Å²) >= 11 is 0. The molecule has 1 unspecified atom stereocenters. The molecule has 1 amide bonds. The molecule has 5 nitrogen and oxygen atoms in total. The summed E-state index contributed by atoms with van der Waals surface area (Å²) in [6, 6.07) is 7.36. The van der Waals surface area contributed by atoms with Crippen LogP contribution in [0.15, 0.2) is 24.3 Å². The maximum atomic E-state index is 12.3. The van der Waals surface area contributed by atoms with Gasteiger partial charge in [0.2, 0.25) is 0 Å². The third-order valence-electron chi connectivity index (χ3n) is 5.06. The zero-order chi connectivity index (χ0) is 16.8. The first kappa shape index (κ1) is 20.0. The molecule has 2 aliphatic heterocycles. The van der Waals surface area contributed by atoms with Crippen LogP contribution in [0, 0.1) is 5.41 Å². The summed E-state index contributed by atoms with van der Waals surface area (Å²) in [5, 5.41) is 6.44. The van der Waals surface area contributed by atoms with E-state index in [-0.39, 0.29) is 29.8 Å². The lowest BCUT2D eigenvalue weighted by molar-refractivity contribution is 0.0679. The van der Waals surface area contributed by atoms with Gasteiger partial charge in [0.1, 0.15) is 12.4 Å². The number of carbonyl (C=O) groups is 1. The number of hydrogen-bond donors (Lipinski definition) is 2. The van der Waals surface area contributed by atoms with Crippen LogP contribution in [0.3, 0.4) is 0 Å². The molecule has 1 aromatic carbocycles. The van der Waals surface area contributed by atoms with E-state index in [1.807, 2.05) is 24.3 Å². The number of piperidine rings is 1. The summed E-state index contributed by atoms with van der Waals surface area (Å²) in [4.78, 5) is 12.3. The minimum atomic E-state index is -0.0135. The lowest BCUT2D eigenvalue weighted by Crippen LogP contribution is -2.42. The van der Waals surface area contributed by atoms with E-state index in [1.54, 1.807) is 0 Å². The molecule has 2 heterocycles. The molecule has 140 valence electrons. The van der Waals surface area contributed by atoms with E-state index >= 15 is 0 Å². The van der Waals surface area contributed by atoms with Gasteiger partial charge in [0.05, 0.1) is 6.10 Å². The standard InChI is InChI=1S/C19H28N2O3.ClH/c1-19(8-10-20-11-9-19)14-21-18(22)15-4-6-16(7-5-15)24-13-17-3-2-12-23-17;/h4-7,17,20H,2-3,8-14H2,1H3,(H,21,22);1H. The fraction of sp³-hybridized carbons (Fsp3) is 0.632. The van der Waals surface area contributed by atoms with Crippen molar-refractivity contribution in [2.45, 2.75) is 38.7 Å². The number of benzene rings is 1. The number of nitrogens with one attached hydrogen (secondary N) is 2. The molecule has 2 N–H and O–H groups in total. The summed E-state index contributed by atoms with van der Waals surface area (Å²) in [5.74, 6) is 0.771. The molecular weight excluding hydrogens is 340 g/mol. The van der Waals surface area contributed by atoms with Gasteiger partial charge in [-0.1, -0.05) is 6.92 Å². The van der Waals surface area contributed by atoms with Crippen molar-refractivity contribution < 1.29 is 14.3 Å². The van der Waals surface area contributed by atoms with Gasteiger partial charge in [0.25, 0.3) is 5.91 Å². The number of ether oxygens (including phenoxy) is 2. The Balaban J connectivity index is 0.00000225. The van der Waals surface area contributed by atoms with Gasteiger partial charge in [-0.15, -0.1) is 12.4 Å². The first-order chi connectivity index (χ1) is 11.6. The average molecular weight is 369 g/mol. The third-order valence-corrected chi connectivity index (χ3v) is 5.06. The molecule has 2 saturated heterocycles. The molecule has 1 aromatic rings. The van der Waals surface area contributed by atoms with Crippen molar-refractivity contribution in [2.75, 3.05) is 32.8 Å². The Kier molecular flexibility index (Phi) is 7.54. The first-order valence-electron chi connectivity index (χ1n) is 8.98. The van der Waals surface area contributed by atoms with Crippen molar-refractivity contribution in [3.05, 3.63) is 29.8 Å². The third kappa shape index (κ3) is 5.87. The number of amides is 1.